The average Bonchev–Trinajstić information content (AvgIpc) is 3.83. The second-order valence-electron chi connectivity index (χ2n) is 15.0. The van der Waals surface area contributed by atoms with Crippen LogP contribution in [0.15, 0.2) is 42.5 Å². The van der Waals surface area contributed by atoms with Crippen molar-refractivity contribution in [3.8, 4) is 17.0 Å². The van der Waals surface area contributed by atoms with Crippen molar-refractivity contribution in [3.05, 3.63) is 53.6 Å². The Balaban J connectivity index is 1.33. The molecule has 2 atom stereocenters. The first-order valence-electron chi connectivity index (χ1n) is 18.2. The maximum absolute atomic E-state index is 14.4. The number of piperazine rings is 1. The molecular formula is C38H51N5O6S. The summed E-state index contributed by atoms with van der Waals surface area (Å²) in [4.78, 5) is 32.1. The summed E-state index contributed by atoms with van der Waals surface area (Å²) in [7, 11) is -0.398. The van der Waals surface area contributed by atoms with E-state index in [4.69, 9.17) is 9.47 Å². The lowest BCUT2D eigenvalue weighted by molar-refractivity contribution is -0.149. The van der Waals surface area contributed by atoms with Crippen LogP contribution in [0.2, 0.25) is 0 Å². The first-order valence-corrected chi connectivity index (χ1v) is 19.7. The molecule has 3 aromatic rings. The third kappa shape index (κ3) is 6.91. The number of aromatic nitrogens is 1. The van der Waals surface area contributed by atoms with Crippen molar-refractivity contribution in [1.29, 1.82) is 0 Å². The molecule has 2 amide bonds. The molecule has 2 aromatic carbocycles. The Morgan fingerprint density at radius 1 is 0.940 bits per heavy atom. The quantitative estimate of drug-likeness (QED) is 0.334. The largest absolute Gasteiger partial charge is 0.497 e. The number of fused-ring (bicyclic) bond motifs is 1. The zero-order valence-corrected chi connectivity index (χ0v) is 30.6. The van der Waals surface area contributed by atoms with Crippen molar-refractivity contribution in [2.24, 2.45) is 5.41 Å². The van der Waals surface area contributed by atoms with Crippen LogP contribution in [-0.4, -0.2) is 105 Å². The van der Waals surface area contributed by atoms with E-state index in [-0.39, 0.29) is 23.7 Å². The number of ether oxygens (including phenoxy) is 2. The van der Waals surface area contributed by atoms with E-state index in [1.54, 1.807) is 13.2 Å². The van der Waals surface area contributed by atoms with Gasteiger partial charge in [-0.2, -0.15) is 12.7 Å². The summed E-state index contributed by atoms with van der Waals surface area (Å²) < 4.78 is 44.0. The summed E-state index contributed by atoms with van der Waals surface area (Å²) in [6, 6.07) is 13.7. The topological polar surface area (TPSA) is 113 Å². The van der Waals surface area contributed by atoms with Gasteiger partial charge >= 0.3 is 10.2 Å². The average molecular weight is 706 g/mol. The van der Waals surface area contributed by atoms with Crippen molar-refractivity contribution in [3.63, 3.8) is 0 Å². The first kappa shape index (κ1) is 35.0. The van der Waals surface area contributed by atoms with E-state index in [1.165, 1.54) is 16.3 Å². The number of morpholine rings is 1. The highest BCUT2D eigenvalue weighted by molar-refractivity contribution is 7.87. The highest BCUT2D eigenvalue weighted by atomic mass is 32.2. The molecule has 1 N–H and O–H groups in total. The molecule has 0 unspecified atom stereocenters. The minimum Gasteiger partial charge on any atom is -0.497 e. The lowest BCUT2D eigenvalue weighted by Crippen LogP contribution is -2.52. The molecule has 0 spiro atoms. The van der Waals surface area contributed by atoms with Crippen molar-refractivity contribution >= 4 is 32.9 Å². The Hall–Kier alpha value is -3.45. The van der Waals surface area contributed by atoms with E-state index < -0.39 is 21.5 Å². The predicted molar refractivity (Wildman–Crippen MR) is 193 cm³/mol. The van der Waals surface area contributed by atoms with Crippen molar-refractivity contribution in [2.75, 3.05) is 53.4 Å². The Kier molecular flexibility index (Phi) is 9.75. The van der Waals surface area contributed by atoms with Crippen LogP contribution < -0.4 is 9.46 Å². The molecular weight excluding hydrogens is 655 g/mol. The number of carbonyl (C=O) groups excluding carboxylic acids is 2. The number of hydrogen-bond donors (Lipinski definition) is 1. The van der Waals surface area contributed by atoms with Gasteiger partial charge < -0.3 is 23.8 Å². The summed E-state index contributed by atoms with van der Waals surface area (Å²) >= 11 is 0. The number of nitrogens with zero attached hydrogens (tertiary/aromatic N) is 4. The van der Waals surface area contributed by atoms with Gasteiger partial charge in [0.25, 0.3) is 5.91 Å². The fourth-order valence-corrected chi connectivity index (χ4v) is 9.51. The van der Waals surface area contributed by atoms with Crippen LogP contribution in [0.5, 0.6) is 5.75 Å². The predicted octanol–water partition coefficient (Wildman–Crippen LogP) is 5.00. The number of amides is 2. The van der Waals surface area contributed by atoms with E-state index in [0.29, 0.717) is 51.7 Å². The number of nitrogens with one attached hydrogen (secondary N) is 1. The summed E-state index contributed by atoms with van der Waals surface area (Å²) in [6.07, 6.45) is 7.19. The van der Waals surface area contributed by atoms with E-state index in [9.17, 15) is 18.0 Å². The molecule has 11 nitrogen and oxygen atoms in total. The molecule has 7 rings (SSSR count). The third-order valence-corrected chi connectivity index (χ3v) is 12.7. The molecule has 3 heterocycles. The minimum atomic E-state index is -4.01. The van der Waals surface area contributed by atoms with Gasteiger partial charge in [-0.3, -0.25) is 9.59 Å². The summed E-state index contributed by atoms with van der Waals surface area (Å²) in [5.41, 5.74) is 3.92. The molecule has 1 aromatic heterocycles. The van der Waals surface area contributed by atoms with E-state index >= 15 is 0 Å². The molecule has 4 fully saturated rings. The zero-order chi connectivity index (χ0) is 35.2. The molecule has 2 aliphatic heterocycles. The Bertz CT molecular complexity index is 1830. The van der Waals surface area contributed by atoms with E-state index in [0.717, 1.165) is 66.4 Å². The van der Waals surface area contributed by atoms with E-state index in [2.05, 4.69) is 26.3 Å². The van der Waals surface area contributed by atoms with Gasteiger partial charge in [0.2, 0.25) is 5.91 Å². The summed E-state index contributed by atoms with van der Waals surface area (Å²) in [5.74, 6) is 0.597. The first-order chi connectivity index (χ1) is 24.0. The van der Waals surface area contributed by atoms with Crippen molar-refractivity contribution in [2.45, 2.75) is 83.5 Å². The van der Waals surface area contributed by atoms with Crippen LogP contribution in [0.4, 0.5) is 0 Å². The SMILES string of the molecule is COc1ccc(-c2c(C3CCCCC3)c3ccc(C(=O)NS(=O)(=O)N4CCN(C)CC4)cc3n2CC2(C(=O)N3C[C@@H](C)O[C@@H](C)C3)CC2)cc1. The number of methoxy groups -OCH3 is 1. The van der Waals surface area contributed by atoms with Gasteiger partial charge in [-0.05, 0) is 100 Å². The number of hydrogen-bond acceptors (Lipinski definition) is 7. The van der Waals surface area contributed by atoms with Crippen LogP contribution in [0.1, 0.15) is 80.6 Å². The summed E-state index contributed by atoms with van der Waals surface area (Å²) in [5, 5.41) is 1.05. The molecule has 4 aliphatic rings. The standard InChI is InChI=1S/C38H51N5O6S/c1-26-23-41(24-27(2)49-26)37(45)38(16-17-38)25-43-33-22-30(36(44)39-50(46,47)42-20-18-40(3)19-21-42)12-15-32(33)34(28-8-6-5-7-9-28)35(43)29-10-13-31(48-4)14-11-29/h10-15,22,26-28H,5-9,16-21,23-25H2,1-4H3,(H,39,44)/t26-,27+. The van der Waals surface area contributed by atoms with Gasteiger partial charge in [-0.25, -0.2) is 4.72 Å². The number of carbonyl (C=O) groups is 2. The monoisotopic (exact) mass is 705 g/mol. The van der Waals surface area contributed by atoms with Gasteiger partial charge in [-0.15, -0.1) is 0 Å². The van der Waals surface area contributed by atoms with Crippen LogP contribution >= 0.6 is 0 Å². The Morgan fingerprint density at radius 2 is 1.60 bits per heavy atom. The van der Waals surface area contributed by atoms with Gasteiger partial charge in [0.05, 0.1) is 30.4 Å². The molecule has 270 valence electrons. The normalized spacial score (nSPS) is 23.6. The molecule has 2 saturated heterocycles. The molecule has 12 heteroatoms. The smallest absolute Gasteiger partial charge is 0.304 e. The van der Waals surface area contributed by atoms with Gasteiger partial charge in [0, 0.05) is 62.3 Å². The fraction of sp³-hybridized carbons (Fsp3) is 0.579. The Labute approximate surface area is 296 Å². The van der Waals surface area contributed by atoms with Gasteiger partial charge in [-0.1, -0.05) is 25.3 Å². The van der Waals surface area contributed by atoms with Crippen molar-refractivity contribution < 1.29 is 27.5 Å². The highest BCUT2D eigenvalue weighted by Gasteiger charge is 2.53. The van der Waals surface area contributed by atoms with Crippen LogP contribution in [0.25, 0.3) is 22.2 Å². The fourth-order valence-electron chi connectivity index (χ4n) is 8.39. The van der Waals surface area contributed by atoms with Crippen LogP contribution in [0.3, 0.4) is 0 Å². The van der Waals surface area contributed by atoms with Crippen molar-refractivity contribution in [1.82, 2.24) is 23.4 Å². The number of rotatable bonds is 9. The maximum atomic E-state index is 14.4. The second-order valence-corrected chi connectivity index (χ2v) is 16.7. The van der Waals surface area contributed by atoms with Crippen LogP contribution in [0, 0.1) is 5.41 Å². The minimum absolute atomic E-state index is 0.0260. The van der Waals surface area contributed by atoms with Gasteiger partial charge in [0.1, 0.15) is 5.75 Å². The molecule has 0 bridgehead atoms. The zero-order valence-electron chi connectivity index (χ0n) is 29.8. The lowest BCUT2D eigenvalue weighted by Gasteiger charge is -2.37. The highest BCUT2D eigenvalue weighted by Crippen LogP contribution is 2.52. The molecule has 2 aliphatic carbocycles. The van der Waals surface area contributed by atoms with Crippen LogP contribution in [-0.2, 0) is 26.3 Å². The molecule has 50 heavy (non-hydrogen) atoms. The lowest BCUT2D eigenvalue weighted by atomic mass is 9.81. The number of likely N-dealkylation sites (N-methyl/N-ethyl adjacent to an activating group) is 1. The van der Waals surface area contributed by atoms with Gasteiger partial charge in [0.15, 0.2) is 0 Å². The molecule has 0 radical (unpaired) electrons. The third-order valence-electron chi connectivity index (χ3n) is 11.2. The maximum Gasteiger partial charge on any atom is 0.304 e. The number of benzene rings is 2. The van der Waals surface area contributed by atoms with E-state index in [1.807, 2.05) is 50.1 Å². The summed E-state index contributed by atoms with van der Waals surface area (Å²) in [6.45, 7) is 7.52. The Morgan fingerprint density at radius 3 is 2.22 bits per heavy atom. The second kappa shape index (κ2) is 13.9. The molecule has 2 saturated carbocycles.